The summed E-state index contributed by atoms with van der Waals surface area (Å²) in [6, 6.07) is 0. The Kier molecular flexibility index (Phi) is 6.16. The van der Waals surface area contributed by atoms with E-state index in [1.807, 2.05) is 12.3 Å². The molecule has 4 nitrogen and oxygen atoms in total. The summed E-state index contributed by atoms with van der Waals surface area (Å²) < 4.78 is 13.2. The van der Waals surface area contributed by atoms with Crippen LogP contribution in [0.2, 0.25) is 0 Å². The van der Waals surface area contributed by atoms with Crippen LogP contribution in [-0.4, -0.2) is 30.8 Å². The van der Waals surface area contributed by atoms with E-state index in [1.54, 1.807) is 6.08 Å². The molecule has 1 aliphatic heterocycles. The molecule has 0 saturated heterocycles. The number of allylic oxidation sites excluding steroid dienone is 1. The summed E-state index contributed by atoms with van der Waals surface area (Å²) in [5.41, 5.74) is 0. The van der Waals surface area contributed by atoms with Crippen molar-refractivity contribution in [1.82, 2.24) is 5.32 Å². The Hall–Kier alpha value is -1.52. The Morgan fingerprint density at radius 2 is 1.88 bits per heavy atom. The van der Waals surface area contributed by atoms with Crippen molar-refractivity contribution in [1.29, 1.82) is 0 Å². The van der Waals surface area contributed by atoms with Crippen molar-refractivity contribution in [2.24, 2.45) is 27.7 Å². The first-order valence-electron chi connectivity index (χ1n) is 9.42. The molecule has 1 amide bonds. The van der Waals surface area contributed by atoms with Crippen LogP contribution in [0.15, 0.2) is 22.1 Å². The molecule has 0 bridgehead atoms. The van der Waals surface area contributed by atoms with Crippen molar-refractivity contribution in [3.8, 4) is 0 Å². The second kappa shape index (κ2) is 8.54. The maximum absolute atomic E-state index is 13.2. The highest BCUT2D eigenvalue weighted by Gasteiger charge is 2.27. The van der Waals surface area contributed by atoms with Crippen LogP contribution in [0.1, 0.15) is 57.8 Å². The van der Waals surface area contributed by atoms with Crippen molar-refractivity contribution in [2.75, 3.05) is 6.54 Å². The summed E-state index contributed by atoms with van der Waals surface area (Å²) >= 11 is 0. The Morgan fingerprint density at radius 1 is 1.12 bits per heavy atom. The Morgan fingerprint density at radius 3 is 2.54 bits per heavy atom. The zero-order valence-electron chi connectivity index (χ0n) is 14.3. The number of rotatable bonds is 3. The third-order valence-electron chi connectivity index (χ3n) is 5.55. The molecule has 3 rings (SSSR count). The fourth-order valence-corrected chi connectivity index (χ4v) is 4.00. The number of hydrogen-bond acceptors (Lipinski definition) is 3. The maximum Gasteiger partial charge on any atom is 0.250 e. The number of aliphatic imine (C=N–C) groups is 2. The Balaban J connectivity index is 1.43. The zero-order valence-corrected chi connectivity index (χ0v) is 14.3. The number of halogens is 1. The van der Waals surface area contributed by atoms with Gasteiger partial charge in [0, 0.05) is 12.1 Å². The molecule has 1 N–H and O–H groups in total. The summed E-state index contributed by atoms with van der Waals surface area (Å²) in [4.78, 5) is 20.7. The topological polar surface area (TPSA) is 53.8 Å². The van der Waals surface area contributed by atoms with E-state index in [1.165, 1.54) is 32.1 Å². The molecule has 2 fully saturated rings. The van der Waals surface area contributed by atoms with Crippen molar-refractivity contribution >= 4 is 18.1 Å². The van der Waals surface area contributed by atoms with E-state index < -0.39 is 6.17 Å². The van der Waals surface area contributed by atoms with Gasteiger partial charge in [0.2, 0.25) is 11.9 Å². The Labute approximate surface area is 143 Å². The zero-order chi connectivity index (χ0) is 16.8. The minimum atomic E-state index is -0.629. The number of amides is 1. The van der Waals surface area contributed by atoms with Crippen LogP contribution < -0.4 is 5.32 Å². The van der Waals surface area contributed by atoms with Gasteiger partial charge in [-0.15, -0.1) is 0 Å². The highest BCUT2D eigenvalue weighted by molar-refractivity contribution is 6.05. The van der Waals surface area contributed by atoms with E-state index in [4.69, 9.17) is 0 Å². The summed E-state index contributed by atoms with van der Waals surface area (Å²) in [6.45, 7) is 0.646. The molecular formula is C19H28FN3O. The first-order chi connectivity index (χ1) is 11.7. The third-order valence-corrected chi connectivity index (χ3v) is 5.55. The third kappa shape index (κ3) is 4.99. The largest absolute Gasteiger partial charge is 0.291 e. The van der Waals surface area contributed by atoms with E-state index in [2.05, 4.69) is 15.3 Å². The number of carbonyl (C=O) groups is 1. The van der Waals surface area contributed by atoms with Crippen LogP contribution in [0.5, 0.6) is 0 Å². The molecule has 0 radical (unpaired) electrons. The maximum atomic E-state index is 13.2. The lowest BCUT2D eigenvalue weighted by Gasteiger charge is -2.29. The molecule has 0 aromatic heterocycles. The average molecular weight is 333 g/mol. The van der Waals surface area contributed by atoms with Gasteiger partial charge >= 0.3 is 0 Å². The molecule has 1 atom stereocenters. The second-order valence-corrected chi connectivity index (χ2v) is 7.36. The molecule has 24 heavy (non-hydrogen) atoms. The minimum Gasteiger partial charge on any atom is -0.291 e. The van der Waals surface area contributed by atoms with E-state index >= 15 is 0 Å². The number of alkyl halides is 1. The van der Waals surface area contributed by atoms with Gasteiger partial charge in [0.15, 0.2) is 0 Å². The molecule has 0 spiro atoms. The normalized spacial score (nSPS) is 31.9. The van der Waals surface area contributed by atoms with Crippen LogP contribution in [0.3, 0.4) is 0 Å². The van der Waals surface area contributed by atoms with Crippen molar-refractivity contribution in [3.63, 3.8) is 0 Å². The molecule has 5 heteroatoms. The van der Waals surface area contributed by atoms with Gasteiger partial charge in [0.25, 0.3) is 0 Å². The fourth-order valence-electron chi connectivity index (χ4n) is 4.00. The van der Waals surface area contributed by atoms with Crippen molar-refractivity contribution in [2.45, 2.75) is 64.0 Å². The average Bonchev–Trinajstić information content (AvgIpc) is 2.62. The van der Waals surface area contributed by atoms with Crippen LogP contribution in [0.4, 0.5) is 4.39 Å². The van der Waals surface area contributed by atoms with Gasteiger partial charge in [0.1, 0.15) is 6.17 Å². The highest BCUT2D eigenvalue weighted by atomic mass is 19.1. The van der Waals surface area contributed by atoms with E-state index in [-0.39, 0.29) is 11.8 Å². The molecule has 1 heterocycles. The number of guanidine groups is 1. The summed E-state index contributed by atoms with van der Waals surface area (Å²) in [7, 11) is 0. The van der Waals surface area contributed by atoms with Crippen LogP contribution in [0, 0.1) is 17.8 Å². The molecule has 0 aromatic carbocycles. The fraction of sp³-hybridized carbons (Fsp3) is 0.737. The number of hydrogen-bond donors (Lipinski definition) is 1. The summed E-state index contributed by atoms with van der Waals surface area (Å²) in [5, 5.41) is 2.76. The van der Waals surface area contributed by atoms with Gasteiger partial charge < -0.3 is 0 Å². The minimum absolute atomic E-state index is 0.145. The predicted molar refractivity (Wildman–Crippen MR) is 95.0 cm³/mol. The molecule has 132 valence electrons. The summed E-state index contributed by atoms with van der Waals surface area (Å²) in [6.07, 6.45) is 14.3. The van der Waals surface area contributed by atoms with E-state index in [9.17, 15) is 9.18 Å². The number of nitrogens with one attached hydrogen (secondary N) is 1. The Bertz CT molecular complexity index is 515. The van der Waals surface area contributed by atoms with Crippen LogP contribution in [0.25, 0.3) is 0 Å². The number of carbonyl (C=O) groups excluding carboxylic acids is 1. The standard InChI is InChI=1S/C19H28FN3O/c20-17-9-7-15(8-10-17)16-12-21-19(22-13-16)23-18(24)11-6-14-4-2-1-3-5-14/h6,11-12,14-17H,1-5,7-10,13H2,(H,22,23,24). The predicted octanol–water partition coefficient (Wildman–Crippen LogP) is 3.82. The highest BCUT2D eigenvalue weighted by Crippen LogP contribution is 2.31. The second-order valence-electron chi connectivity index (χ2n) is 7.36. The van der Waals surface area contributed by atoms with Crippen LogP contribution in [-0.2, 0) is 4.79 Å². The van der Waals surface area contributed by atoms with E-state index in [0.717, 1.165) is 12.8 Å². The molecule has 3 aliphatic rings. The van der Waals surface area contributed by atoms with Gasteiger partial charge in [-0.25, -0.2) is 9.38 Å². The molecule has 2 saturated carbocycles. The quantitative estimate of drug-likeness (QED) is 0.784. The van der Waals surface area contributed by atoms with Gasteiger partial charge in [-0.3, -0.25) is 15.1 Å². The lowest BCUT2D eigenvalue weighted by Crippen LogP contribution is -2.33. The SMILES string of the molecule is O=C(C=CC1CCCCC1)NC1=NCC(C2CCC(F)CC2)C=N1. The lowest BCUT2D eigenvalue weighted by atomic mass is 9.79. The van der Waals surface area contributed by atoms with Crippen molar-refractivity contribution < 1.29 is 9.18 Å². The van der Waals surface area contributed by atoms with Gasteiger partial charge in [-0.1, -0.05) is 25.3 Å². The van der Waals surface area contributed by atoms with Gasteiger partial charge in [0.05, 0.1) is 6.54 Å². The monoisotopic (exact) mass is 333 g/mol. The van der Waals surface area contributed by atoms with Crippen LogP contribution >= 0.6 is 0 Å². The lowest BCUT2D eigenvalue weighted by molar-refractivity contribution is -0.115. The molecule has 1 unspecified atom stereocenters. The molecular weight excluding hydrogens is 305 g/mol. The van der Waals surface area contributed by atoms with Crippen molar-refractivity contribution in [3.05, 3.63) is 12.2 Å². The number of nitrogens with zero attached hydrogens (tertiary/aromatic N) is 2. The first kappa shape index (κ1) is 17.3. The molecule has 2 aliphatic carbocycles. The first-order valence-corrected chi connectivity index (χ1v) is 9.42. The summed E-state index contributed by atoms with van der Waals surface area (Å²) in [5.74, 6) is 1.57. The van der Waals surface area contributed by atoms with Gasteiger partial charge in [-0.05, 0) is 56.4 Å². The smallest absolute Gasteiger partial charge is 0.250 e. The van der Waals surface area contributed by atoms with Gasteiger partial charge in [-0.2, -0.15) is 0 Å². The molecule has 0 aromatic rings. The van der Waals surface area contributed by atoms with E-state index in [0.29, 0.717) is 37.2 Å².